The molecule has 1 atom stereocenters. The zero-order valence-electron chi connectivity index (χ0n) is 12.5. The Morgan fingerprint density at radius 3 is 2.14 bits per heavy atom. The maximum Gasteiger partial charge on any atom is 0.133 e. The van der Waals surface area contributed by atoms with Gasteiger partial charge in [-0.3, -0.25) is 0 Å². The van der Waals surface area contributed by atoms with Crippen LogP contribution in [0.5, 0.6) is 11.5 Å². The number of ether oxygens (including phenoxy) is 1. The predicted octanol–water partition coefficient (Wildman–Crippen LogP) is 5.25. The van der Waals surface area contributed by atoms with Crippen molar-refractivity contribution in [2.75, 3.05) is 0 Å². The van der Waals surface area contributed by atoms with Gasteiger partial charge in [0.05, 0.1) is 6.10 Å². The lowest BCUT2D eigenvalue weighted by Crippen LogP contribution is -1.99. The first-order chi connectivity index (χ1) is 9.79. The summed E-state index contributed by atoms with van der Waals surface area (Å²) in [6.07, 6.45) is -0.815. The zero-order chi connectivity index (χ0) is 15.7. The average molecular weight is 309 g/mol. The summed E-state index contributed by atoms with van der Waals surface area (Å²) in [5.74, 6) is 0.703. The lowest BCUT2D eigenvalue weighted by atomic mass is 10.1. The molecule has 0 radical (unpaired) electrons. The molecule has 0 aliphatic rings. The van der Waals surface area contributed by atoms with E-state index < -0.39 is 6.10 Å². The van der Waals surface area contributed by atoms with Gasteiger partial charge in [0.1, 0.15) is 17.3 Å². The van der Waals surface area contributed by atoms with Crippen LogP contribution in [0.15, 0.2) is 24.3 Å². The van der Waals surface area contributed by atoms with Crippen molar-refractivity contribution in [3.05, 3.63) is 57.4 Å². The molecule has 2 aromatic rings. The molecule has 112 valence electrons. The summed E-state index contributed by atoms with van der Waals surface area (Å²) in [6.45, 7) is 7.03. The van der Waals surface area contributed by atoms with Gasteiger partial charge in [0, 0.05) is 10.6 Å². The van der Waals surface area contributed by atoms with Gasteiger partial charge in [0.15, 0.2) is 0 Å². The van der Waals surface area contributed by atoms with E-state index in [1.54, 1.807) is 19.9 Å². The summed E-state index contributed by atoms with van der Waals surface area (Å²) in [5, 5.41) is 10.5. The van der Waals surface area contributed by atoms with Crippen molar-refractivity contribution in [1.82, 2.24) is 0 Å². The normalized spacial score (nSPS) is 12.3. The van der Waals surface area contributed by atoms with Crippen LogP contribution in [0.25, 0.3) is 0 Å². The first-order valence-corrected chi connectivity index (χ1v) is 7.10. The Hall–Kier alpha value is -1.58. The number of aliphatic hydroxyl groups is 1. The van der Waals surface area contributed by atoms with E-state index >= 15 is 0 Å². The SMILES string of the molecule is Cc1cc(Oc2cc(C)c(Cl)c(C)c2)c(C(C)O)cc1F. The highest BCUT2D eigenvalue weighted by atomic mass is 35.5. The average Bonchev–Trinajstić information content (AvgIpc) is 2.39. The summed E-state index contributed by atoms with van der Waals surface area (Å²) in [4.78, 5) is 0. The Morgan fingerprint density at radius 1 is 1.05 bits per heavy atom. The first kappa shape index (κ1) is 15.8. The van der Waals surface area contributed by atoms with Crippen molar-refractivity contribution in [1.29, 1.82) is 0 Å². The van der Waals surface area contributed by atoms with Crippen LogP contribution in [0.2, 0.25) is 5.02 Å². The molecule has 21 heavy (non-hydrogen) atoms. The van der Waals surface area contributed by atoms with E-state index in [0.29, 0.717) is 27.6 Å². The van der Waals surface area contributed by atoms with Crippen molar-refractivity contribution in [3.8, 4) is 11.5 Å². The standard InChI is InChI=1S/C17H18ClFO2/c1-9-7-16(14(12(4)20)8-15(9)19)21-13-5-10(2)17(18)11(3)6-13/h5-8,12,20H,1-4H3. The third kappa shape index (κ3) is 3.36. The number of aryl methyl sites for hydroxylation is 3. The van der Waals surface area contributed by atoms with Gasteiger partial charge in [0.2, 0.25) is 0 Å². The maximum atomic E-state index is 13.7. The highest BCUT2D eigenvalue weighted by Crippen LogP contribution is 2.34. The van der Waals surface area contributed by atoms with Gasteiger partial charge in [-0.1, -0.05) is 11.6 Å². The number of rotatable bonds is 3. The molecular formula is C17H18ClFO2. The van der Waals surface area contributed by atoms with Crippen molar-refractivity contribution < 1.29 is 14.2 Å². The Kier molecular flexibility index (Phi) is 4.55. The molecule has 0 aliphatic carbocycles. The summed E-state index contributed by atoms with van der Waals surface area (Å²) in [5.41, 5.74) is 2.70. The summed E-state index contributed by atoms with van der Waals surface area (Å²) >= 11 is 6.14. The number of hydrogen-bond donors (Lipinski definition) is 1. The number of halogens is 2. The van der Waals surface area contributed by atoms with E-state index in [-0.39, 0.29) is 5.82 Å². The fraction of sp³-hybridized carbons (Fsp3) is 0.294. The summed E-state index contributed by atoms with van der Waals surface area (Å²) in [7, 11) is 0. The Bertz CT molecular complexity index is 658. The molecule has 0 aromatic heterocycles. The topological polar surface area (TPSA) is 29.5 Å². The molecule has 2 nitrogen and oxygen atoms in total. The third-order valence-electron chi connectivity index (χ3n) is 3.38. The minimum atomic E-state index is -0.815. The second-order valence-corrected chi connectivity index (χ2v) is 5.67. The van der Waals surface area contributed by atoms with Gasteiger partial charge < -0.3 is 9.84 Å². The number of aliphatic hydroxyl groups excluding tert-OH is 1. The van der Waals surface area contributed by atoms with Gasteiger partial charge in [0.25, 0.3) is 0 Å². The van der Waals surface area contributed by atoms with Crippen LogP contribution in [0.3, 0.4) is 0 Å². The molecule has 0 aliphatic heterocycles. The number of hydrogen-bond acceptors (Lipinski definition) is 2. The predicted molar refractivity (Wildman–Crippen MR) is 82.8 cm³/mol. The van der Waals surface area contributed by atoms with Gasteiger partial charge in [-0.15, -0.1) is 0 Å². The van der Waals surface area contributed by atoms with Crippen molar-refractivity contribution in [2.24, 2.45) is 0 Å². The molecule has 1 unspecified atom stereocenters. The lowest BCUT2D eigenvalue weighted by Gasteiger charge is -2.16. The fourth-order valence-corrected chi connectivity index (χ4v) is 2.29. The lowest BCUT2D eigenvalue weighted by molar-refractivity contribution is 0.195. The van der Waals surface area contributed by atoms with Crippen molar-refractivity contribution >= 4 is 11.6 Å². The fourth-order valence-electron chi connectivity index (χ4n) is 2.18. The van der Waals surface area contributed by atoms with E-state index in [4.69, 9.17) is 16.3 Å². The minimum absolute atomic E-state index is 0.360. The molecule has 0 bridgehead atoms. The highest BCUT2D eigenvalue weighted by molar-refractivity contribution is 6.32. The Balaban J connectivity index is 2.46. The van der Waals surface area contributed by atoms with Crippen LogP contribution >= 0.6 is 11.6 Å². The Labute approximate surface area is 129 Å². The van der Waals surface area contributed by atoms with Crippen molar-refractivity contribution in [2.45, 2.75) is 33.8 Å². The van der Waals surface area contributed by atoms with E-state index in [0.717, 1.165) is 11.1 Å². The molecule has 0 fully saturated rings. The third-order valence-corrected chi connectivity index (χ3v) is 3.98. The van der Waals surface area contributed by atoms with Crippen molar-refractivity contribution in [3.63, 3.8) is 0 Å². The van der Waals surface area contributed by atoms with Crippen LogP contribution in [0.4, 0.5) is 4.39 Å². The Morgan fingerprint density at radius 2 is 1.62 bits per heavy atom. The van der Waals surface area contributed by atoms with E-state index in [2.05, 4.69) is 0 Å². The molecule has 2 aromatic carbocycles. The first-order valence-electron chi connectivity index (χ1n) is 6.72. The van der Waals surface area contributed by atoms with E-state index in [1.807, 2.05) is 26.0 Å². The number of benzene rings is 2. The smallest absolute Gasteiger partial charge is 0.133 e. The summed E-state index contributed by atoms with van der Waals surface area (Å²) in [6, 6.07) is 6.54. The minimum Gasteiger partial charge on any atom is -0.457 e. The molecule has 4 heteroatoms. The molecule has 0 heterocycles. The van der Waals surface area contributed by atoms with Crippen LogP contribution in [-0.2, 0) is 0 Å². The second kappa shape index (κ2) is 6.04. The van der Waals surface area contributed by atoms with E-state index in [9.17, 15) is 9.50 Å². The summed E-state index contributed by atoms with van der Waals surface area (Å²) < 4.78 is 19.5. The van der Waals surface area contributed by atoms with E-state index in [1.165, 1.54) is 6.07 Å². The zero-order valence-corrected chi connectivity index (χ0v) is 13.3. The molecular weight excluding hydrogens is 291 g/mol. The van der Waals surface area contributed by atoms with Crippen LogP contribution in [0, 0.1) is 26.6 Å². The highest BCUT2D eigenvalue weighted by Gasteiger charge is 2.14. The van der Waals surface area contributed by atoms with Gasteiger partial charge >= 0.3 is 0 Å². The van der Waals surface area contributed by atoms with Gasteiger partial charge in [-0.25, -0.2) is 4.39 Å². The molecule has 1 N–H and O–H groups in total. The molecule has 0 saturated carbocycles. The largest absolute Gasteiger partial charge is 0.457 e. The molecule has 0 amide bonds. The van der Waals surface area contributed by atoms with Crippen LogP contribution in [-0.4, -0.2) is 5.11 Å². The van der Waals surface area contributed by atoms with Crippen LogP contribution < -0.4 is 4.74 Å². The second-order valence-electron chi connectivity index (χ2n) is 5.29. The monoisotopic (exact) mass is 308 g/mol. The maximum absolute atomic E-state index is 13.7. The molecule has 2 rings (SSSR count). The van der Waals surface area contributed by atoms with Crippen LogP contribution in [0.1, 0.15) is 35.3 Å². The van der Waals surface area contributed by atoms with Gasteiger partial charge in [-0.2, -0.15) is 0 Å². The molecule has 0 spiro atoms. The molecule has 0 saturated heterocycles. The van der Waals surface area contributed by atoms with Gasteiger partial charge in [-0.05, 0) is 68.7 Å². The quantitative estimate of drug-likeness (QED) is 0.839.